The van der Waals surface area contributed by atoms with Crippen molar-refractivity contribution in [1.82, 2.24) is 4.90 Å². The molecule has 1 saturated heterocycles. The summed E-state index contributed by atoms with van der Waals surface area (Å²) in [6.45, 7) is 1.27. The van der Waals surface area contributed by atoms with Gasteiger partial charge in [-0.1, -0.05) is 23.2 Å². The summed E-state index contributed by atoms with van der Waals surface area (Å²) in [5, 5.41) is 4.93. The number of nitrogens with two attached hydrogens (primary N) is 1. The monoisotopic (exact) mass is 352 g/mol. The number of hydrogen-bond donors (Lipinski definition) is 1. The molecular weight excluding hydrogens is 339 g/mol. The molecule has 116 valence electrons. The molecule has 0 spiro atoms. The third-order valence-corrected chi connectivity index (χ3v) is 4.77. The van der Waals surface area contributed by atoms with Crippen LogP contribution in [0.1, 0.15) is 12.8 Å². The van der Waals surface area contributed by atoms with E-state index in [-0.39, 0.29) is 33.2 Å². The second kappa shape index (κ2) is 6.39. The predicted octanol–water partition coefficient (Wildman–Crippen LogP) is 1.64. The molecule has 0 bridgehead atoms. The van der Waals surface area contributed by atoms with Crippen molar-refractivity contribution in [2.45, 2.75) is 17.7 Å². The Morgan fingerprint density at radius 2 is 1.86 bits per heavy atom. The van der Waals surface area contributed by atoms with Gasteiger partial charge >= 0.3 is 0 Å². The van der Waals surface area contributed by atoms with E-state index < -0.39 is 10.0 Å². The van der Waals surface area contributed by atoms with E-state index in [4.69, 9.17) is 33.1 Å². The van der Waals surface area contributed by atoms with Gasteiger partial charge in [0.2, 0.25) is 10.0 Å². The maximum atomic E-state index is 11.9. The van der Waals surface area contributed by atoms with E-state index in [0.717, 1.165) is 32.0 Å². The summed E-state index contributed by atoms with van der Waals surface area (Å²) in [4.78, 5) is 13.3. The van der Waals surface area contributed by atoms with Gasteiger partial charge in [0.15, 0.2) is 6.61 Å². The summed E-state index contributed by atoms with van der Waals surface area (Å²) < 4.78 is 27.9. The minimum absolute atomic E-state index is 0.0256. The van der Waals surface area contributed by atoms with Crippen molar-refractivity contribution in [2.75, 3.05) is 19.7 Å². The fourth-order valence-corrected chi connectivity index (χ4v) is 3.41. The first-order valence-corrected chi connectivity index (χ1v) is 8.51. The van der Waals surface area contributed by atoms with Crippen LogP contribution in [0.3, 0.4) is 0 Å². The van der Waals surface area contributed by atoms with Crippen LogP contribution in [-0.2, 0) is 14.8 Å². The highest BCUT2D eigenvalue weighted by molar-refractivity contribution is 7.89. The first-order chi connectivity index (χ1) is 9.79. The maximum absolute atomic E-state index is 11.9. The van der Waals surface area contributed by atoms with Gasteiger partial charge in [0.05, 0.1) is 10.0 Å². The van der Waals surface area contributed by atoms with E-state index >= 15 is 0 Å². The average molecular weight is 353 g/mol. The number of sulfonamides is 1. The maximum Gasteiger partial charge on any atom is 0.260 e. The molecule has 0 unspecified atom stereocenters. The fraction of sp³-hybridized carbons (Fsp3) is 0.417. The molecule has 2 rings (SSSR count). The van der Waals surface area contributed by atoms with Gasteiger partial charge in [0, 0.05) is 19.2 Å². The lowest BCUT2D eigenvalue weighted by Crippen LogP contribution is -2.32. The molecule has 21 heavy (non-hydrogen) atoms. The molecule has 1 heterocycles. The van der Waals surface area contributed by atoms with Gasteiger partial charge in [-0.15, -0.1) is 0 Å². The van der Waals surface area contributed by atoms with E-state index in [1.165, 1.54) is 6.07 Å². The lowest BCUT2D eigenvalue weighted by molar-refractivity contribution is -0.132. The number of carbonyl (C=O) groups is 1. The number of benzene rings is 1. The van der Waals surface area contributed by atoms with E-state index in [9.17, 15) is 13.2 Å². The van der Waals surface area contributed by atoms with Crippen LogP contribution in [0.4, 0.5) is 0 Å². The van der Waals surface area contributed by atoms with Crippen LogP contribution in [0.5, 0.6) is 5.75 Å². The lowest BCUT2D eigenvalue weighted by Gasteiger charge is -2.16. The molecule has 9 heteroatoms. The van der Waals surface area contributed by atoms with Crippen LogP contribution >= 0.6 is 23.2 Å². The summed E-state index contributed by atoms with van der Waals surface area (Å²) in [7, 11) is -3.96. The zero-order valence-corrected chi connectivity index (χ0v) is 13.3. The number of nitrogens with zero attached hydrogens (tertiary/aromatic N) is 1. The Morgan fingerprint density at radius 3 is 2.43 bits per heavy atom. The number of amides is 1. The second-order valence-electron chi connectivity index (χ2n) is 4.63. The van der Waals surface area contributed by atoms with Crippen LogP contribution in [0.15, 0.2) is 17.0 Å². The highest BCUT2D eigenvalue weighted by atomic mass is 35.5. The quantitative estimate of drug-likeness (QED) is 0.891. The van der Waals surface area contributed by atoms with Crippen molar-refractivity contribution < 1.29 is 17.9 Å². The SMILES string of the molecule is NS(=O)(=O)c1cc(Cl)c(OCC(=O)N2CCCC2)cc1Cl. The van der Waals surface area contributed by atoms with Crippen LogP contribution in [-0.4, -0.2) is 38.9 Å². The highest BCUT2D eigenvalue weighted by Crippen LogP contribution is 2.33. The zero-order valence-electron chi connectivity index (χ0n) is 11.0. The van der Waals surface area contributed by atoms with Crippen molar-refractivity contribution in [3.63, 3.8) is 0 Å². The Kier molecular flexibility index (Phi) is 4.98. The van der Waals surface area contributed by atoms with Crippen LogP contribution in [0, 0.1) is 0 Å². The smallest absolute Gasteiger partial charge is 0.260 e. The van der Waals surface area contributed by atoms with Gasteiger partial charge in [0.25, 0.3) is 5.91 Å². The van der Waals surface area contributed by atoms with Crippen LogP contribution in [0.25, 0.3) is 0 Å². The number of rotatable bonds is 4. The van der Waals surface area contributed by atoms with Gasteiger partial charge < -0.3 is 9.64 Å². The van der Waals surface area contributed by atoms with Gasteiger partial charge in [0.1, 0.15) is 10.6 Å². The highest BCUT2D eigenvalue weighted by Gasteiger charge is 2.20. The Balaban J connectivity index is 2.10. The molecule has 0 saturated carbocycles. The number of ether oxygens (including phenoxy) is 1. The molecule has 6 nitrogen and oxygen atoms in total. The topological polar surface area (TPSA) is 89.7 Å². The molecule has 2 N–H and O–H groups in total. The molecule has 1 fully saturated rings. The number of hydrogen-bond acceptors (Lipinski definition) is 4. The summed E-state index contributed by atoms with van der Waals surface area (Å²) in [5.74, 6) is -0.00294. The minimum Gasteiger partial charge on any atom is -0.482 e. The Labute approximate surface area is 132 Å². The van der Waals surface area contributed by atoms with Crippen molar-refractivity contribution in [3.05, 3.63) is 22.2 Å². The molecule has 0 aliphatic carbocycles. The van der Waals surface area contributed by atoms with Crippen molar-refractivity contribution >= 4 is 39.1 Å². The first kappa shape index (κ1) is 16.4. The summed E-state index contributed by atoms with van der Waals surface area (Å²) in [6.07, 6.45) is 1.97. The molecule has 1 aliphatic heterocycles. The molecule has 0 atom stereocenters. The third kappa shape index (κ3) is 4.00. The number of primary sulfonamides is 1. The summed E-state index contributed by atoms with van der Waals surface area (Å²) >= 11 is 11.8. The Bertz CT molecular complexity index is 657. The molecular formula is C12H14Cl2N2O4S. The largest absolute Gasteiger partial charge is 0.482 e. The molecule has 0 aromatic heterocycles. The standard InChI is InChI=1S/C12H14Cl2N2O4S/c13-8-6-11(21(15,18)19)9(14)5-10(8)20-7-12(17)16-3-1-2-4-16/h5-6H,1-4,7H2,(H2,15,18,19). The molecule has 1 amide bonds. The van der Waals surface area contributed by atoms with Crippen LogP contribution < -0.4 is 9.88 Å². The molecule has 1 aromatic rings. The minimum atomic E-state index is -3.96. The van der Waals surface area contributed by atoms with Gasteiger partial charge in [-0.2, -0.15) is 0 Å². The van der Waals surface area contributed by atoms with E-state index in [0.29, 0.717) is 0 Å². The fourth-order valence-electron chi connectivity index (χ4n) is 2.04. The lowest BCUT2D eigenvalue weighted by atomic mass is 10.3. The van der Waals surface area contributed by atoms with Gasteiger partial charge in [-0.3, -0.25) is 4.79 Å². The predicted molar refractivity (Wildman–Crippen MR) is 79.1 cm³/mol. The zero-order chi connectivity index (χ0) is 15.6. The molecule has 1 aliphatic rings. The van der Waals surface area contributed by atoms with E-state index in [1.54, 1.807) is 4.90 Å². The summed E-state index contributed by atoms with van der Waals surface area (Å²) in [5.41, 5.74) is 0. The Hall–Kier alpha value is -1.02. The van der Waals surface area contributed by atoms with E-state index in [2.05, 4.69) is 0 Å². The van der Waals surface area contributed by atoms with Gasteiger partial charge in [-0.25, -0.2) is 13.6 Å². The van der Waals surface area contributed by atoms with Crippen molar-refractivity contribution in [1.29, 1.82) is 0 Å². The number of halogens is 2. The Morgan fingerprint density at radius 1 is 1.24 bits per heavy atom. The number of likely N-dealkylation sites (tertiary alicyclic amines) is 1. The third-order valence-electron chi connectivity index (χ3n) is 3.10. The normalized spacial score (nSPS) is 15.3. The summed E-state index contributed by atoms with van der Waals surface area (Å²) in [6, 6.07) is 2.34. The van der Waals surface area contributed by atoms with Crippen LogP contribution in [0.2, 0.25) is 10.0 Å². The average Bonchev–Trinajstić information content (AvgIpc) is 2.91. The van der Waals surface area contributed by atoms with E-state index in [1.807, 2.05) is 0 Å². The molecule has 1 aromatic carbocycles. The second-order valence-corrected chi connectivity index (χ2v) is 6.98. The van der Waals surface area contributed by atoms with Crippen molar-refractivity contribution in [2.24, 2.45) is 5.14 Å². The van der Waals surface area contributed by atoms with Crippen molar-refractivity contribution in [3.8, 4) is 5.75 Å². The number of carbonyl (C=O) groups excluding carboxylic acids is 1. The first-order valence-electron chi connectivity index (χ1n) is 6.21. The van der Waals surface area contributed by atoms with Gasteiger partial charge in [-0.05, 0) is 18.9 Å². The molecule has 0 radical (unpaired) electrons.